The third-order valence-electron chi connectivity index (χ3n) is 3.75. The summed E-state index contributed by atoms with van der Waals surface area (Å²) < 4.78 is 38.8. The van der Waals surface area contributed by atoms with Crippen LogP contribution < -0.4 is 0 Å². The molecule has 1 aliphatic heterocycles. The number of aliphatic carboxylic acids is 1. The summed E-state index contributed by atoms with van der Waals surface area (Å²) in [5.74, 6) is -1.02. The molecule has 2 unspecified atom stereocenters. The van der Waals surface area contributed by atoms with Gasteiger partial charge in [-0.25, -0.2) is 0 Å². The monoisotopic (exact) mass is 287 g/mol. The lowest BCUT2D eigenvalue weighted by Crippen LogP contribution is -2.38. The smallest absolute Gasteiger partial charge is 0.416 e. The highest BCUT2D eigenvalue weighted by Gasteiger charge is 2.38. The van der Waals surface area contributed by atoms with Crippen LogP contribution in [-0.2, 0) is 17.5 Å². The molecule has 1 saturated heterocycles. The predicted octanol–water partition coefficient (Wildman–Crippen LogP) is 3.00. The molecule has 0 spiro atoms. The summed E-state index contributed by atoms with van der Waals surface area (Å²) in [6.07, 6.45) is -3.73. The molecule has 1 aliphatic rings. The molecular weight excluding hydrogens is 271 g/mol. The number of halogens is 3. The molecule has 2 rings (SSSR count). The Morgan fingerprint density at radius 1 is 1.40 bits per heavy atom. The second-order valence-corrected chi connectivity index (χ2v) is 5.17. The molecule has 3 nitrogen and oxygen atoms in total. The minimum atomic E-state index is -4.42. The fourth-order valence-electron chi connectivity index (χ4n) is 2.76. The van der Waals surface area contributed by atoms with E-state index in [-0.39, 0.29) is 18.0 Å². The van der Waals surface area contributed by atoms with Gasteiger partial charge < -0.3 is 5.11 Å². The van der Waals surface area contributed by atoms with E-state index in [1.807, 2.05) is 6.92 Å². The molecule has 0 bridgehead atoms. The van der Waals surface area contributed by atoms with Crippen molar-refractivity contribution in [2.75, 3.05) is 6.54 Å². The summed E-state index contributed by atoms with van der Waals surface area (Å²) in [5.41, 5.74) is -0.566. The van der Waals surface area contributed by atoms with Gasteiger partial charge in [0, 0.05) is 6.54 Å². The molecule has 1 N–H and O–H groups in total. The average molecular weight is 287 g/mol. The summed E-state index contributed by atoms with van der Waals surface area (Å²) >= 11 is 0. The zero-order chi connectivity index (χ0) is 14.9. The topological polar surface area (TPSA) is 40.5 Å². The van der Waals surface area contributed by atoms with Crippen molar-refractivity contribution in [3.05, 3.63) is 35.4 Å². The third kappa shape index (κ3) is 2.95. The summed E-state index contributed by atoms with van der Waals surface area (Å²) in [7, 11) is 0. The van der Waals surface area contributed by atoms with Gasteiger partial charge in [-0.3, -0.25) is 9.69 Å². The maximum atomic E-state index is 12.9. The van der Waals surface area contributed by atoms with E-state index in [0.29, 0.717) is 13.0 Å². The molecule has 2 atom stereocenters. The van der Waals surface area contributed by atoms with Crippen molar-refractivity contribution in [2.24, 2.45) is 5.92 Å². The Bertz CT molecular complexity index is 501. The number of carboxylic acids is 1. The van der Waals surface area contributed by atoms with E-state index in [0.717, 1.165) is 6.07 Å². The fraction of sp³-hybridized carbons (Fsp3) is 0.500. The Kier molecular flexibility index (Phi) is 4.04. The van der Waals surface area contributed by atoms with Crippen molar-refractivity contribution >= 4 is 5.97 Å². The molecule has 0 radical (unpaired) electrons. The molecule has 1 fully saturated rings. The number of hydrogen-bond donors (Lipinski definition) is 1. The van der Waals surface area contributed by atoms with Gasteiger partial charge in [0.1, 0.15) is 6.04 Å². The van der Waals surface area contributed by atoms with Crippen LogP contribution >= 0.6 is 0 Å². The van der Waals surface area contributed by atoms with E-state index in [9.17, 15) is 23.1 Å². The SMILES string of the molecule is CC1CCN(Cc2ccccc2C(F)(F)F)C1C(=O)O. The van der Waals surface area contributed by atoms with Gasteiger partial charge in [-0.05, 0) is 30.5 Å². The highest BCUT2D eigenvalue weighted by molar-refractivity contribution is 5.74. The van der Waals surface area contributed by atoms with Crippen molar-refractivity contribution < 1.29 is 23.1 Å². The second-order valence-electron chi connectivity index (χ2n) is 5.17. The zero-order valence-corrected chi connectivity index (χ0v) is 11.0. The summed E-state index contributed by atoms with van der Waals surface area (Å²) in [4.78, 5) is 12.8. The van der Waals surface area contributed by atoms with Crippen LogP contribution in [0.5, 0.6) is 0 Å². The van der Waals surface area contributed by atoms with Gasteiger partial charge in [-0.2, -0.15) is 13.2 Å². The van der Waals surface area contributed by atoms with Crippen LogP contribution in [0.15, 0.2) is 24.3 Å². The van der Waals surface area contributed by atoms with Crippen LogP contribution in [-0.4, -0.2) is 28.6 Å². The molecule has 1 aromatic carbocycles. The summed E-state index contributed by atoms with van der Waals surface area (Å²) in [6.45, 7) is 2.33. The number of carbonyl (C=O) groups is 1. The van der Waals surface area contributed by atoms with Crippen molar-refractivity contribution in [3.8, 4) is 0 Å². The molecule has 0 aliphatic carbocycles. The first-order valence-electron chi connectivity index (χ1n) is 6.42. The quantitative estimate of drug-likeness (QED) is 0.929. The van der Waals surface area contributed by atoms with Crippen LogP contribution in [0, 0.1) is 5.92 Å². The van der Waals surface area contributed by atoms with E-state index >= 15 is 0 Å². The minimum absolute atomic E-state index is 0.0109. The van der Waals surface area contributed by atoms with Gasteiger partial charge in [-0.15, -0.1) is 0 Å². The maximum Gasteiger partial charge on any atom is 0.416 e. The van der Waals surface area contributed by atoms with Crippen molar-refractivity contribution in [3.63, 3.8) is 0 Å². The number of benzene rings is 1. The molecule has 0 amide bonds. The first kappa shape index (κ1) is 14.8. The van der Waals surface area contributed by atoms with Gasteiger partial charge in [0.05, 0.1) is 5.56 Å². The molecule has 0 saturated carbocycles. The number of rotatable bonds is 3. The Morgan fingerprint density at radius 3 is 2.65 bits per heavy atom. The normalized spacial score (nSPS) is 24.0. The number of alkyl halides is 3. The molecule has 110 valence electrons. The van der Waals surface area contributed by atoms with E-state index in [1.54, 1.807) is 11.0 Å². The van der Waals surface area contributed by atoms with E-state index in [1.165, 1.54) is 12.1 Å². The van der Waals surface area contributed by atoms with E-state index in [4.69, 9.17) is 0 Å². The highest BCUT2D eigenvalue weighted by atomic mass is 19.4. The highest BCUT2D eigenvalue weighted by Crippen LogP contribution is 2.34. The molecular formula is C14H16F3NO2. The Labute approximate surface area is 115 Å². The summed E-state index contributed by atoms with van der Waals surface area (Å²) in [5, 5.41) is 9.20. The fourth-order valence-corrected chi connectivity index (χ4v) is 2.76. The van der Waals surface area contributed by atoms with Crippen LogP contribution in [0.4, 0.5) is 13.2 Å². The van der Waals surface area contributed by atoms with Gasteiger partial charge >= 0.3 is 12.1 Å². The van der Waals surface area contributed by atoms with Gasteiger partial charge in [0.25, 0.3) is 0 Å². The number of nitrogens with zero attached hydrogens (tertiary/aromatic N) is 1. The first-order valence-corrected chi connectivity index (χ1v) is 6.42. The molecule has 1 aromatic rings. The molecule has 0 aromatic heterocycles. The van der Waals surface area contributed by atoms with Crippen molar-refractivity contribution in [1.82, 2.24) is 4.90 Å². The lowest BCUT2D eigenvalue weighted by atomic mass is 10.0. The Morgan fingerprint density at radius 2 is 2.05 bits per heavy atom. The van der Waals surface area contributed by atoms with Crippen LogP contribution in [0.3, 0.4) is 0 Å². The number of hydrogen-bond acceptors (Lipinski definition) is 2. The van der Waals surface area contributed by atoms with Crippen molar-refractivity contribution in [1.29, 1.82) is 0 Å². The Hall–Kier alpha value is -1.56. The lowest BCUT2D eigenvalue weighted by molar-refractivity contribution is -0.143. The van der Waals surface area contributed by atoms with Crippen LogP contribution in [0.1, 0.15) is 24.5 Å². The number of carboxylic acid groups (broad SMARTS) is 1. The van der Waals surface area contributed by atoms with Gasteiger partial charge in [0.15, 0.2) is 0 Å². The standard InChI is InChI=1S/C14H16F3NO2/c1-9-6-7-18(12(9)13(19)20)8-10-4-2-3-5-11(10)14(15,16)17/h2-5,9,12H,6-8H2,1H3,(H,19,20). The van der Waals surface area contributed by atoms with Crippen LogP contribution in [0.25, 0.3) is 0 Å². The van der Waals surface area contributed by atoms with Gasteiger partial charge in [-0.1, -0.05) is 25.1 Å². The minimum Gasteiger partial charge on any atom is -0.480 e. The van der Waals surface area contributed by atoms with Crippen LogP contribution in [0.2, 0.25) is 0 Å². The lowest BCUT2D eigenvalue weighted by Gasteiger charge is -2.24. The molecule has 6 heteroatoms. The first-order chi connectivity index (χ1) is 9.30. The van der Waals surface area contributed by atoms with Gasteiger partial charge in [0.2, 0.25) is 0 Å². The largest absolute Gasteiger partial charge is 0.480 e. The second kappa shape index (κ2) is 5.44. The Balaban J connectivity index is 2.25. The zero-order valence-electron chi connectivity index (χ0n) is 11.0. The number of likely N-dealkylation sites (tertiary alicyclic amines) is 1. The van der Waals surface area contributed by atoms with E-state index in [2.05, 4.69) is 0 Å². The third-order valence-corrected chi connectivity index (χ3v) is 3.75. The summed E-state index contributed by atoms with van der Waals surface area (Å²) in [6, 6.07) is 4.61. The van der Waals surface area contributed by atoms with Crippen molar-refractivity contribution in [2.45, 2.75) is 32.1 Å². The van der Waals surface area contributed by atoms with E-state index < -0.39 is 23.8 Å². The molecule has 20 heavy (non-hydrogen) atoms. The predicted molar refractivity (Wildman–Crippen MR) is 67.1 cm³/mol. The maximum absolute atomic E-state index is 12.9. The molecule has 1 heterocycles. The average Bonchev–Trinajstić information content (AvgIpc) is 2.70.